The Morgan fingerprint density at radius 1 is 1.24 bits per heavy atom. The molecule has 8 heteroatoms. The molecule has 6 nitrogen and oxygen atoms in total. The van der Waals surface area contributed by atoms with Gasteiger partial charge in [0.1, 0.15) is 9.96 Å². The minimum absolute atomic E-state index is 0.239. The molecule has 0 bridgehead atoms. The second kappa shape index (κ2) is 8.80. The fourth-order valence-corrected chi connectivity index (χ4v) is 4.37. The lowest BCUT2D eigenvalue weighted by molar-refractivity contribution is -0.134. The zero-order valence-electron chi connectivity index (χ0n) is 13.8. The van der Waals surface area contributed by atoms with E-state index < -0.39 is 22.0 Å². The summed E-state index contributed by atoms with van der Waals surface area (Å²) in [5, 5.41) is 1.70. The highest BCUT2D eigenvalue weighted by Crippen LogP contribution is 2.24. The molecular weight excluding hydrogens is 362 g/mol. The third-order valence-electron chi connectivity index (χ3n) is 3.40. The minimum Gasteiger partial charge on any atom is -0.497 e. The summed E-state index contributed by atoms with van der Waals surface area (Å²) in [5.74, 6) is 0.184. The number of esters is 1. The molecule has 134 valence electrons. The maximum Gasteiger partial charge on any atom is 0.330 e. The number of thiophene rings is 1. The summed E-state index contributed by atoms with van der Waals surface area (Å²) in [5.41, 5.74) is 0.760. The highest BCUT2D eigenvalue weighted by Gasteiger charge is 2.21. The van der Waals surface area contributed by atoms with E-state index in [1.165, 1.54) is 13.2 Å². The number of benzene rings is 1. The molecule has 0 unspecified atom stereocenters. The van der Waals surface area contributed by atoms with Gasteiger partial charge in [-0.05, 0) is 35.6 Å². The number of nitrogens with one attached hydrogen (secondary N) is 1. The second-order valence-corrected chi connectivity index (χ2v) is 7.93. The van der Waals surface area contributed by atoms with Crippen molar-refractivity contribution in [3.05, 3.63) is 59.5 Å². The molecule has 0 fully saturated rings. The normalized spacial score (nSPS) is 12.9. The Kier molecular flexibility index (Phi) is 6.74. The molecule has 25 heavy (non-hydrogen) atoms. The summed E-state index contributed by atoms with van der Waals surface area (Å²) in [6.45, 7) is 0. The molecule has 0 aliphatic heterocycles. The molecule has 1 aromatic carbocycles. The Morgan fingerprint density at radius 3 is 2.52 bits per heavy atom. The monoisotopic (exact) mass is 381 g/mol. The van der Waals surface area contributed by atoms with Crippen molar-refractivity contribution in [2.24, 2.45) is 0 Å². The summed E-state index contributed by atoms with van der Waals surface area (Å²) < 4.78 is 37.6. The van der Waals surface area contributed by atoms with Gasteiger partial charge in [0, 0.05) is 6.08 Å². The van der Waals surface area contributed by atoms with Crippen LogP contribution in [0, 0.1) is 0 Å². The van der Waals surface area contributed by atoms with Gasteiger partial charge in [-0.2, -0.15) is 0 Å². The Labute approximate surface area is 151 Å². The van der Waals surface area contributed by atoms with Crippen LogP contribution in [0.1, 0.15) is 18.0 Å². The number of sulfonamides is 1. The van der Waals surface area contributed by atoms with Crippen LogP contribution in [0.5, 0.6) is 5.75 Å². The number of carbonyl (C=O) groups excluding carboxylic acids is 1. The Balaban J connectivity index is 2.24. The van der Waals surface area contributed by atoms with Crippen LogP contribution in [-0.2, 0) is 19.6 Å². The van der Waals surface area contributed by atoms with Crippen LogP contribution in [0.3, 0.4) is 0 Å². The zero-order chi connectivity index (χ0) is 18.3. The highest BCUT2D eigenvalue weighted by atomic mass is 32.2. The summed E-state index contributed by atoms with van der Waals surface area (Å²) in [7, 11) is -0.804. The third-order valence-corrected chi connectivity index (χ3v) is 6.27. The number of ether oxygens (including phenoxy) is 2. The molecule has 0 spiro atoms. The Hall–Kier alpha value is -2.16. The van der Waals surface area contributed by atoms with Crippen LogP contribution in [0.15, 0.2) is 58.1 Å². The largest absolute Gasteiger partial charge is 0.497 e. The van der Waals surface area contributed by atoms with E-state index in [1.54, 1.807) is 55.0 Å². The van der Waals surface area contributed by atoms with Crippen LogP contribution in [0.2, 0.25) is 0 Å². The van der Waals surface area contributed by atoms with Gasteiger partial charge in [0.05, 0.1) is 20.3 Å². The van der Waals surface area contributed by atoms with E-state index in [2.05, 4.69) is 9.46 Å². The zero-order valence-corrected chi connectivity index (χ0v) is 15.5. The topological polar surface area (TPSA) is 81.7 Å². The van der Waals surface area contributed by atoms with E-state index in [0.29, 0.717) is 12.2 Å². The molecule has 0 aliphatic rings. The van der Waals surface area contributed by atoms with Crippen molar-refractivity contribution < 1.29 is 22.7 Å². The fourth-order valence-electron chi connectivity index (χ4n) is 2.12. The SMILES string of the molecule is COC(=O)/C=C/C[C@@H](NS(=O)(=O)c1cccs1)c1ccc(OC)cc1. The van der Waals surface area contributed by atoms with Gasteiger partial charge in [-0.3, -0.25) is 0 Å². The number of carbonyl (C=O) groups is 1. The maximum absolute atomic E-state index is 12.5. The van der Waals surface area contributed by atoms with Crippen molar-refractivity contribution in [2.45, 2.75) is 16.7 Å². The standard InChI is InChI=1S/C17H19NO5S2/c1-22-14-10-8-13(9-11-14)15(5-3-6-16(19)23-2)18-25(20,21)17-7-4-12-24-17/h3-4,6-12,15,18H,5H2,1-2H3/b6-3+/t15-/m1/s1. The van der Waals surface area contributed by atoms with Gasteiger partial charge in [0.15, 0.2) is 0 Å². The van der Waals surface area contributed by atoms with Crippen molar-refractivity contribution in [3.63, 3.8) is 0 Å². The van der Waals surface area contributed by atoms with Gasteiger partial charge in [-0.25, -0.2) is 17.9 Å². The average Bonchev–Trinajstić information content (AvgIpc) is 3.16. The molecule has 1 atom stereocenters. The van der Waals surface area contributed by atoms with Crippen molar-refractivity contribution >= 4 is 27.3 Å². The van der Waals surface area contributed by atoms with Gasteiger partial charge < -0.3 is 9.47 Å². The van der Waals surface area contributed by atoms with Crippen LogP contribution in [0.4, 0.5) is 0 Å². The third kappa shape index (κ3) is 5.42. The first-order chi connectivity index (χ1) is 12.0. The van der Waals surface area contributed by atoms with Crippen LogP contribution in [0.25, 0.3) is 0 Å². The van der Waals surface area contributed by atoms with E-state index in [4.69, 9.17) is 4.74 Å². The molecule has 1 N–H and O–H groups in total. The van der Waals surface area contributed by atoms with E-state index in [9.17, 15) is 13.2 Å². The average molecular weight is 381 g/mol. The number of hydrogen-bond donors (Lipinski definition) is 1. The molecule has 2 rings (SSSR count). The van der Waals surface area contributed by atoms with Crippen LogP contribution >= 0.6 is 11.3 Å². The van der Waals surface area contributed by atoms with Gasteiger partial charge in [0.25, 0.3) is 10.0 Å². The lowest BCUT2D eigenvalue weighted by Crippen LogP contribution is -2.28. The summed E-state index contributed by atoms with van der Waals surface area (Å²) in [6, 6.07) is 9.77. The Bertz CT molecular complexity index is 811. The summed E-state index contributed by atoms with van der Waals surface area (Å²) in [6.07, 6.45) is 3.15. The van der Waals surface area contributed by atoms with Crippen molar-refractivity contribution in [3.8, 4) is 5.75 Å². The predicted octanol–water partition coefficient (Wildman–Crippen LogP) is 2.90. The van der Waals surface area contributed by atoms with Crippen molar-refractivity contribution in [1.82, 2.24) is 4.72 Å². The first-order valence-corrected chi connectivity index (χ1v) is 9.77. The van der Waals surface area contributed by atoms with E-state index in [-0.39, 0.29) is 4.21 Å². The van der Waals surface area contributed by atoms with Gasteiger partial charge >= 0.3 is 5.97 Å². The first kappa shape index (κ1) is 19.2. The van der Waals surface area contributed by atoms with Crippen LogP contribution in [-0.4, -0.2) is 28.6 Å². The smallest absolute Gasteiger partial charge is 0.330 e. The van der Waals surface area contributed by atoms with Crippen molar-refractivity contribution in [1.29, 1.82) is 0 Å². The molecule has 0 saturated heterocycles. The van der Waals surface area contributed by atoms with E-state index in [0.717, 1.165) is 16.9 Å². The lowest BCUT2D eigenvalue weighted by Gasteiger charge is -2.17. The molecule has 1 aromatic heterocycles. The molecule has 2 aromatic rings. The second-order valence-electron chi connectivity index (χ2n) is 5.04. The molecule has 0 saturated carbocycles. The van der Waals surface area contributed by atoms with E-state index in [1.807, 2.05) is 0 Å². The van der Waals surface area contributed by atoms with Crippen molar-refractivity contribution in [2.75, 3.05) is 14.2 Å². The number of hydrogen-bond acceptors (Lipinski definition) is 6. The molecule has 0 radical (unpaired) electrons. The highest BCUT2D eigenvalue weighted by molar-refractivity contribution is 7.91. The van der Waals surface area contributed by atoms with Gasteiger partial charge in [-0.1, -0.05) is 24.3 Å². The maximum atomic E-state index is 12.5. The van der Waals surface area contributed by atoms with Crippen LogP contribution < -0.4 is 9.46 Å². The fraction of sp³-hybridized carbons (Fsp3) is 0.235. The predicted molar refractivity (Wildman–Crippen MR) is 96.1 cm³/mol. The van der Waals surface area contributed by atoms with E-state index >= 15 is 0 Å². The Morgan fingerprint density at radius 2 is 1.96 bits per heavy atom. The molecular formula is C17H19NO5S2. The molecule has 0 amide bonds. The summed E-state index contributed by atoms with van der Waals surface area (Å²) >= 11 is 1.14. The number of rotatable bonds is 8. The lowest BCUT2D eigenvalue weighted by atomic mass is 10.0. The first-order valence-electron chi connectivity index (χ1n) is 7.40. The molecule has 0 aliphatic carbocycles. The van der Waals surface area contributed by atoms with Gasteiger partial charge in [0.2, 0.25) is 0 Å². The number of methoxy groups -OCH3 is 2. The minimum atomic E-state index is -3.65. The quantitative estimate of drug-likeness (QED) is 0.562. The molecule has 1 heterocycles. The van der Waals surface area contributed by atoms with Gasteiger partial charge in [-0.15, -0.1) is 11.3 Å². The summed E-state index contributed by atoms with van der Waals surface area (Å²) in [4.78, 5) is 11.2.